The van der Waals surface area contributed by atoms with Crippen LogP contribution in [0.4, 0.5) is 5.82 Å². The van der Waals surface area contributed by atoms with E-state index in [0.717, 1.165) is 35.6 Å². The van der Waals surface area contributed by atoms with Crippen LogP contribution < -0.4 is 5.32 Å². The Morgan fingerprint density at radius 1 is 1.26 bits per heavy atom. The molecule has 1 saturated heterocycles. The fraction of sp³-hybridized carbons (Fsp3) is 0.300. The first kappa shape index (κ1) is 17.2. The van der Waals surface area contributed by atoms with E-state index in [2.05, 4.69) is 20.4 Å². The van der Waals surface area contributed by atoms with E-state index in [-0.39, 0.29) is 11.9 Å². The van der Waals surface area contributed by atoms with E-state index in [1.807, 2.05) is 42.2 Å². The summed E-state index contributed by atoms with van der Waals surface area (Å²) in [6.45, 7) is 2.58. The van der Waals surface area contributed by atoms with E-state index >= 15 is 0 Å². The maximum atomic E-state index is 13.2. The predicted octanol–water partition coefficient (Wildman–Crippen LogP) is 3.46. The maximum absolute atomic E-state index is 13.2. The molecule has 27 heavy (non-hydrogen) atoms. The molecule has 0 bridgehead atoms. The number of carbonyl (C=O) groups is 1. The van der Waals surface area contributed by atoms with Crippen molar-refractivity contribution in [3.63, 3.8) is 0 Å². The monoisotopic (exact) mass is 363 g/mol. The molecule has 3 aromatic rings. The van der Waals surface area contributed by atoms with Crippen LogP contribution in [-0.4, -0.2) is 39.5 Å². The number of nitrogens with one attached hydrogen (secondary N) is 1. The van der Waals surface area contributed by atoms with Crippen LogP contribution in [0.2, 0.25) is 0 Å². The Hall–Kier alpha value is -3.22. The van der Waals surface area contributed by atoms with Crippen molar-refractivity contribution in [2.75, 3.05) is 18.9 Å². The van der Waals surface area contributed by atoms with Gasteiger partial charge in [0.2, 0.25) is 0 Å². The van der Waals surface area contributed by atoms with E-state index in [1.54, 1.807) is 19.4 Å². The molecule has 7 nitrogen and oxygen atoms in total. The quantitative estimate of drug-likeness (QED) is 0.764. The van der Waals surface area contributed by atoms with Crippen LogP contribution in [0, 0.1) is 6.92 Å². The van der Waals surface area contributed by atoms with Crippen LogP contribution in [0.3, 0.4) is 0 Å². The van der Waals surface area contributed by atoms with Gasteiger partial charge in [0.1, 0.15) is 17.1 Å². The van der Waals surface area contributed by atoms with Crippen LogP contribution in [0.15, 0.2) is 47.2 Å². The van der Waals surface area contributed by atoms with Gasteiger partial charge in [0.05, 0.1) is 6.04 Å². The number of likely N-dealkylation sites (tertiary alicyclic amines) is 1. The normalized spacial score (nSPS) is 16.5. The van der Waals surface area contributed by atoms with Gasteiger partial charge < -0.3 is 14.7 Å². The lowest BCUT2D eigenvalue weighted by molar-refractivity contribution is 0.0731. The Morgan fingerprint density at radius 3 is 2.89 bits per heavy atom. The lowest BCUT2D eigenvalue weighted by Gasteiger charge is -2.23. The van der Waals surface area contributed by atoms with Gasteiger partial charge in [0, 0.05) is 43.2 Å². The molecule has 1 atom stereocenters. The van der Waals surface area contributed by atoms with Crippen molar-refractivity contribution in [2.45, 2.75) is 25.8 Å². The fourth-order valence-corrected chi connectivity index (χ4v) is 3.56. The first-order valence-corrected chi connectivity index (χ1v) is 9.01. The van der Waals surface area contributed by atoms with Gasteiger partial charge in [-0.3, -0.25) is 9.78 Å². The average Bonchev–Trinajstić information content (AvgIpc) is 3.36. The number of aromatic nitrogens is 3. The first-order valence-electron chi connectivity index (χ1n) is 9.01. The lowest BCUT2D eigenvalue weighted by atomic mass is 10.1. The molecule has 1 unspecified atom stereocenters. The predicted molar refractivity (Wildman–Crippen MR) is 101 cm³/mol. The lowest BCUT2D eigenvalue weighted by Crippen LogP contribution is -2.30. The molecule has 1 aliphatic rings. The van der Waals surface area contributed by atoms with Gasteiger partial charge in [-0.25, -0.2) is 4.98 Å². The smallest absolute Gasteiger partial charge is 0.254 e. The standard InChI is InChI=1S/C20H21N5O2/c1-13-11-16(24-27-13)17-7-4-10-25(17)20(26)15-6-3-5-14(12-15)18-19(21-2)23-9-8-22-18/h3,5-6,8-9,11-12,17H,4,7,10H2,1-2H3,(H,21,23). The summed E-state index contributed by atoms with van der Waals surface area (Å²) < 4.78 is 5.20. The molecule has 3 heterocycles. The SMILES string of the molecule is CNc1nccnc1-c1cccc(C(=O)N2CCCC2c2cc(C)on2)c1. The molecule has 4 rings (SSSR count). The number of nitrogens with zero attached hydrogens (tertiary/aromatic N) is 4. The maximum Gasteiger partial charge on any atom is 0.254 e. The molecule has 0 spiro atoms. The zero-order chi connectivity index (χ0) is 18.8. The van der Waals surface area contributed by atoms with Crippen molar-refractivity contribution in [3.8, 4) is 11.3 Å². The second kappa shape index (κ2) is 7.19. The van der Waals surface area contributed by atoms with Crippen LogP contribution >= 0.6 is 0 Å². The topological polar surface area (TPSA) is 84.2 Å². The van der Waals surface area contributed by atoms with Crippen molar-refractivity contribution >= 4 is 11.7 Å². The number of benzene rings is 1. The van der Waals surface area contributed by atoms with Gasteiger partial charge in [-0.15, -0.1) is 0 Å². The van der Waals surface area contributed by atoms with E-state index in [1.165, 1.54) is 0 Å². The van der Waals surface area contributed by atoms with E-state index in [4.69, 9.17) is 4.52 Å². The van der Waals surface area contributed by atoms with Crippen molar-refractivity contribution in [1.29, 1.82) is 0 Å². The summed E-state index contributed by atoms with van der Waals surface area (Å²) in [7, 11) is 1.80. The summed E-state index contributed by atoms with van der Waals surface area (Å²) in [6.07, 6.45) is 5.13. The van der Waals surface area contributed by atoms with E-state index in [9.17, 15) is 4.79 Å². The third kappa shape index (κ3) is 3.28. The number of amides is 1. The molecule has 0 aliphatic carbocycles. The number of hydrogen-bond acceptors (Lipinski definition) is 6. The molecule has 1 amide bonds. The molecule has 1 fully saturated rings. The minimum atomic E-state index is -0.0389. The van der Waals surface area contributed by atoms with Gasteiger partial charge in [-0.05, 0) is 31.9 Å². The van der Waals surface area contributed by atoms with Crippen LogP contribution in [0.1, 0.15) is 40.7 Å². The summed E-state index contributed by atoms with van der Waals surface area (Å²) in [6, 6.07) is 9.39. The van der Waals surface area contributed by atoms with Crippen LogP contribution in [0.25, 0.3) is 11.3 Å². The van der Waals surface area contributed by atoms with E-state index in [0.29, 0.717) is 17.9 Å². The second-order valence-corrected chi connectivity index (χ2v) is 6.60. The zero-order valence-corrected chi connectivity index (χ0v) is 15.3. The Kier molecular flexibility index (Phi) is 4.58. The van der Waals surface area contributed by atoms with Crippen molar-refractivity contribution < 1.29 is 9.32 Å². The van der Waals surface area contributed by atoms with Crippen LogP contribution in [0.5, 0.6) is 0 Å². The molecule has 1 N–H and O–H groups in total. The van der Waals surface area contributed by atoms with Gasteiger partial charge >= 0.3 is 0 Å². The Morgan fingerprint density at radius 2 is 2.11 bits per heavy atom. The third-order valence-electron chi connectivity index (χ3n) is 4.82. The summed E-state index contributed by atoms with van der Waals surface area (Å²) in [5.74, 6) is 1.43. The highest BCUT2D eigenvalue weighted by atomic mass is 16.5. The Bertz CT molecular complexity index is 968. The largest absolute Gasteiger partial charge is 0.371 e. The molecule has 7 heteroatoms. The van der Waals surface area contributed by atoms with Crippen molar-refractivity contribution in [3.05, 3.63) is 59.7 Å². The first-order chi connectivity index (χ1) is 13.2. The second-order valence-electron chi connectivity index (χ2n) is 6.60. The fourth-order valence-electron chi connectivity index (χ4n) is 3.56. The number of carbonyl (C=O) groups excluding carboxylic acids is 1. The molecule has 1 aliphatic heterocycles. The number of aryl methyl sites for hydroxylation is 1. The minimum absolute atomic E-state index is 0.00472. The highest BCUT2D eigenvalue weighted by Gasteiger charge is 2.32. The van der Waals surface area contributed by atoms with Gasteiger partial charge in [0.25, 0.3) is 5.91 Å². The highest BCUT2D eigenvalue weighted by molar-refractivity contribution is 5.96. The van der Waals surface area contributed by atoms with Gasteiger partial charge in [-0.1, -0.05) is 17.3 Å². The molecule has 0 saturated carbocycles. The highest BCUT2D eigenvalue weighted by Crippen LogP contribution is 2.33. The molecule has 2 aromatic heterocycles. The molecule has 1 aromatic carbocycles. The van der Waals surface area contributed by atoms with Crippen molar-refractivity contribution in [2.24, 2.45) is 0 Å². The third-order valence-corrected chi connectivity index (χ3v) is 4.82. The Labute approximate surface area is 157 Å². The molecule has 138 valence electrons. The van der Waals surface area contributed by atoms with Crippen LogP contribution in [-0.2, 0) is 0 Å². The average molecular weight is 363 g/mol. The minimum Gasteiger partial charge on any atom is -0.371 e. The molecule has 0 radical (unpaired) electrons. The number of hydrogen-bond donors (Lipinski definition) is 1. The summed E-state index contributed by atoms with van der Waals surface area (Å²) >= 11 is 0. The Balaban J connectivity index is 1.64. The summed E-state index contributed by atoms with van der Waals surface area (Å²) in [4.78, 5) is 23.8. The van der Waals surface area contributed by atoms with Gasteiger partial charge in [0.15, 0.2) is 5.82 Å². The van der Waals surface area contributed by atoms with Crippen molar-refractivity contribution in [1.82, 2.24) is 20.0 Å². The molecular weight excluding hydrogens is 342 g/mol. The van der Waals surface area contributed by atoms with E-state index < -0.39 is 0 Å². The number of rotatable bonds is 4. The summed E-state index contributed by atoms with van der Waals surface area (Å²) in [5, 5.41) is 7.16. The molecular formula is C20H21N5O2. The zero-order valence-electron chi connectivity index (χ0n) is 15.3. The van der Waals surface area contributed by atoms with Gasteiger partial charge in [-0.2, -0.15) is 0 Å². The number of anilines is 1. The summed E-state index contributed by atoms with van der Waals surface area (Å²) in [5.41, 5.74) is 3.03.